The van der Waals surface area contributed by atoms with E-state index in [9.17, 15) is 4.79 Å². The highest BCUT2D eigenvalue weighted by atomic mass is 16.5. The minimum Gasteiger partial charge on any atom is -0.497 e. The first kappa shape index (κ1) is 21.7. The molecule has 2 unspecified atom stereocenters. The maximum absolute atomic E-state index is 12.7. The molecule has 0 N–H and O–H groups in total. The SMILES string of the molecule is CCOc1ccc(-c2noc(C3CC(=O)N(C(C)c4ccc(OC)cc4)C3)n2)cc1OC. The Balaban J connectivity index is 1.49. The van der Waals surface area contributed by atoms with E-state index < -0.39 is 0 Å². The Hall–Kier alpha value is -3.55. The topological polar surface area (TPSA) is 86.9 Å². The molecule has 1 aliphatic heterocycles. The molecule has 0 spiro atoms. The first-order valence-corrected chi connectivity index (χ1v) is 10.6. The van der Waals surface area contributed by atoms with Crippen molar-refractivity contribution in [1.82, 2.24) is 15.0 Å². The van der Waals surface area contributed by atoms with Gasteiger partial charge in [-0.25, -0.2) is 0 Å². The van der Waals surface area contributed by atoms with Gasteiger partial charge in [-0.05, 0) is 49.7 Å². The van der Waals surface area contributed by atoms with E-state index in [2.05, 4.69) is 10.1 Å². The fourth-order valence-electron chi connectivity index (χ4n) is 3.93. The molecule has 1 saturated heterocycles. The summed E-state index contributed by atoms with van der Waals surface area (Å²) >= 11 is 0. The average Bonchev–Trinajstić information content (AvgIpc) is 3.46. The van der Waals surface area contributed by atoms with Crippen LogP contribution in [0.25, 0.3) is 11.4 Å². The van der Waals surface area contributed by atoms with Gasteiger partial charge in [0.05, 0.1) is 32.8 Å². The molecule has 0 bridgehead atoms. The van der Waals surface area contributed by atoms with E-state index in [1.54, 1.807) is 14.2 Å². The Bertz CT molecular complexity index is 1080. The summed E-state index contributed by atoms with van der Waals surface area (Å²) < 4.78 is 21.7. The van der Waals surface area contributed by atoms with Crippen LogP contribution in [-0.4, -0.2) is 48.3 Å². The first-order valence-electron chi connectivity index (χ1n) is 10.6. The third kappa shape index (κ3) is 4.26. The van der Waals surface area contributed by atoms with Gasteiger partial charge in [0, 0.05) is 18.5 Å². The van der Waals surface area contributed by atoms with E-state index in [1.165, 1.54) is 0 Å². The van der Waals surface area contributed by atoms with Crippen molar-refractivity contribution in [3.8, 4) is 28.6 Å². The van der Waals surface area contributed by atoms with Crippen LogP contribution < -0.4 is 14.2 Å². The molecule has 0 saturated carbocycles. The molecule has 3 aromatic rings. The highest BCUT2D eigenvalue weighted by molar-refractivity contribution is 5.80. The molecular weight excluding hydrogens is 410 g/mol. The van der Waals surface area contributed by atoms with Gasteiger partial charge in [0.25, 0.3) is 0 Å². The molecule has 2 heterocycles. The van der Waals surface area contributed by atoms with Gasteiger partial charge < -0.3 is 23.6 Å². The predicted octanol–water partition coefficient (Wildman–Crippen LogP) is 4.23. The van der Waals surface area contributed by atoms with Crippen molar-refractivity contribution in [1.29, 1.82) is 0 Å². The second kappa shape index (κ2) is 9.30. The van der Waals surface area contributed by atoms with Gasteiger partial charge in [0.1, 0.15) is 5.75 Å². The second-order valence-corrected chi connectivity index (χ2v) is 7.65. The summed E-state index contributed by atoms with van der Waals surface area (Å²) in [5.74, 6) is 2.89. The number of benzene rings is 2. The lowest BCUT2D eigenvalue weighted by atomic mass is 10.1. The lowest BCUT2D eigenvalue weighted by molar-refractivity contribution is -0.129. The lowest BCUT2D eigenvalue weighted by Gasteiger charge is -2.25. The van der Waals surface area contributed by atoms with E-state index in [-0.39, 0.29) is 17.9 Å². The van der Waals surface area contributed by atoms with Crippen molar-refractivity contribution in [2.45, 2.75) is 32.2 Å². The van der Waals surface area contributed by atoms with Crippen molar-refractivity contribution < 1.29 is 23.5 Å². The van der Waals surface area contributed by atoms with Gasteiger partial charge >= 0.3 is 0 Å². The van der Waals surface area contributed by atoms with Crippen molar-refractivity contribution in [3.63, 3.8) is 0 Å². The number of amides is 1. The van der Waals surface area contributed by atoms with Crippen LogP contribution in [0.2, 0.25) is 0 Å². The smallest absolute Gasteiger partial charge is 0.232 e. The minimum atomic E-state index is -0.144. The number of ether oxygens (including phenoxy) is 3. The molecule has 2 aromatic carbocycles. The number of carbonyl (C=O) groups is 1. The number of carbonyl (C=O) groups excluding carboxylic acids is 1. The Morgan fingerprint density at radius 1 is 1.12 bits per heavy atom. The van der Waals surface area contributed by atoms with Crippen LogP contribution in [0.1, 0.15) is 43.7 Å². The van der Waals surface area contributed by atoms with Gasteiger partial charge in [-0.3, -0.25) is 4.79 Å². The van der Waals surface area contributed by atoms with E-state index in [0.717, 1.165) is 16.9 Å². The molecule has 2 atom stereocenters. The van der Waals surface area contributed by atoms with Crippen LogP contribution in [0, 0.1) is 0 Å². The number of hydrogen-bond acceptors (Lipinski definition) is 7. The Kier molecular flexibility index (Phi) is 6.30. The summed E-state index contributed by atoms with van der Waals surface area (Å²) in [6.45, 7) is 5.01. The molecule has 0 radical (unpaired) electrons. The normalized spacial score (nSPS) is 16.8. The van der Waals surface area contributed by atoms with Crippen molar-refractivity contribution in [2.24, 2.45) is 0 Å². The summed E-state index contributed by atoms with van der Waals surface area (Å²) in [4.78, 5) is 19.2. The van der Waals surface area contributed by atoms with E-state index in [4.69, 9.17) is 18.7 Å². The number of hydrogen-bond donors (Lipinski definition) is 0. The van der Waals surface area contributed by atoms with Crippen LogP contribution >= 0.6 is 0 Å². The zero-order chi connectivity index (χ0) is 22.7. The highest BCUT2D eigenvalue weighted by Crippen LogP contribution is 2.36. The fraction of sp³-hybridized carbons (Fsp3) is 0.375. The molecular formula is C24H27N3O5. The second-order valence-electron chi connectivity index (χ2n) is 7.65. The fourth-order valence-corrected chi connectivity index (χ4v) is 3.93. The Morgan fingerprint density at radius 2 is 1.91 bits per heavy atom. The van der Waals surface area contributed by atoms with E-state index >= 15 is 0 Å². The molecule has 1 fully saturated rings. The minimum absolute atomic E-state index is 0.0591. The van der Waals surface area contributed by atoms with Crippen molar-refractivity contribution in [3.05, 3.63) is 53.9 Å². The number of nitrogens with zero attached hydrogens (tertiary/aromatic N) is 3. The largest absolute Gasteiger partial charge is 0.497 e. The van der Waals surface area contributed by atoms with Crippen molar-refractivity contribution >= 4 is 5.91 Å². The standard InChI is InChI=1S/C24H27N3O5/c1-5-31-20-11-8-17(12-21(20)30-4)23-25-24(32-26-23)18-13-22(28)27(14-18)15(2)16-6-9-19(29-3)10-7-16/h6-12,15,18H,5,13-14H2,1-4H3. The average molecular weight is 437 g/mol. The van der Waals surface area contributed by atoms with Gasteiger partial charge in [-0.1, -0.05) is 17.3 Å². The number of rotatable bonds is 8. The highest BCUT2D eigenvalue weighted by Gasteiger charge is 2.37. The van der Waals surface area contributed by atoms with Crippen LogP contribution in [0.4, 0.5) is 0 Å². The molecule has 1 amide bonds. The molecule has 1 aliphatic rings. The van der Waals surface area contributed by atoms with Gasteiger partial charge in [0.15, 0.2) is 11.5 Å². The maximum Gasteiger partial charge on any atom is 0.232 e. The number of methoxy groups -OCH3 is 2. The zero-order valence-electron chi connectivity index (χ0n) is 18.7. The van der Waals surface area contributed by atoms with Crippen LogP contribution in [0.3, 0.4) is 0 Å². The maximum atomic E-state index is 12.7. The Labute approximate surface area is 187 Å². The summed E-state index contributed by atoms with van der Waals surface area (Å²) in [6, 6.07) is 13.2. The van der Waals surface area contributed by atoms with E-state index in [1.807, 2.05) is 61.2 Å². The molecule has 4 rings (SSSR count). The Morgan fingerprint density at radius 3 is 2.59 bits per heavy atom. The zero-order valence-corrected chi connectivity index (χ0v) is 18.7. The predicted molar refractivity (Wildman–Crippen MR) is 118 cm³/mol. The molecule has 168 valence electrons. The third-order valence-electron chi connectivity index (χ3n) is 5.74. The van der Waals surface area contributed by atoms with E-state index in [0.29, 0.717) is 42.8 Å². The summed E-state index contributed by atoms with van der Waals surface area (Å²) in [5, 5.41) is 4.13. The van der Waals surface area contributed by atoms with Crippen LogP contribution in [0.15, 0.2) is 47.0 Å². The lowest BCUT2D eigenvalue weighted by Crippen LogP contribution is -2.28. The number of likely N-dealkylation sites (tertiary alicyclic amines) is 1. The quantitative estimate of drug-likeness (QED) is 0.521. The first-order chi connectivity index (χ1) is 15.5. The number of aromatic nitrogens is 2. The summed E-state index contributed by atoms with van der Waals surface area (Å²) in [5.41, 5.74) is 1.81. The molecule has 8 heteroatoms. The van der Waals surface area contributed by atoms with Gasteiger partial charge in [-0.15, -0.1) is 0 Å². The van der Waals surface area contributed by atoms with Gasteiger partial charge in [-0.2, -0.15) is 4.98 Å². The summed E-state index contributed by atoms with van der Waals surface area (Å²) in [7, 11) is 3.22. The molecule has 8 nitrogen and oxygen atoms in total. The third-order valence-corrected chi connectivity index (χ3v) is 5.74. The molecule has 1 aromatic heterocycles. The van der Waals surface area contributed by atoms with Crippen LogP contribution in [0.5, 0.6) is 17.2 Å². The van der Waals surface area contributed by atoms with Crippen LogP contribution in [-0.2, 0) is 4.79 Å². The van der Waals surface area contributed by atoms with Crippen molar-refractivity contribution in [2.75, 3.05) is 27.4 Å². The summed E-state index contributed by atoms with van der Waals surface area (Å²) in [6.07, 6.45) is 0.342. The van der Waals surface area contributed by atoms with Gasteiger partial charge in [0.2, 0.25) is 17.6 Å². The molecule has 0 aliphatic carbocycles. The molecule has 32 heavy (non-hydrogen) atoms. The monoisotopic (exact) mass is 437 g/mol.